The van der Waals surface area contributed by atoms with Gasteiger partial charge in [-0.05, 0) is 12.0 Å². The van der Waals surface area contributed by atoms with Crippen LogP contribution in [0.3, 0.4) is 0 Å². The van der Waals surface area contributed by atoms with Crippen molar-refractivity contribution in [2.45, 2.75) is 12.5 Å². The van der Waals surface area contributed by atoms with Gasteiger partial charge in [0, 0.05) is 13.1 Å². The molecule has 1 aromatic carbocycles. The molecule has 0 bridgehead atoms. The number of carbonyl (C=O) groups excluding carboxylic acids is 1. The highest BCUT2D eigenvalue weighted by molar-refractivity contribution is 5.83. The molecule has 2 rings (SSSR count). The normalized spacial score (nSPS) is 17.4. The van der Waals surface area contributed by atoms with E-state index >= 15 is 0 Å². The molecule has 3 heteroatoms. The second-order valence-electron chi connectivity index (χ2n) is 3.57. The lowest BCUT2D eigenvalue weighted by molar-refractivity contribution is -0.136. The van der Waals surface area contributed by atoms with E-state index in [-0.39, 0.29) is 5.91 Å². The molecule has 1 aromatic rings. The first-order chi connectivity index (χ1) is 6.79. The Bertz CT molecular complexity index is 319. The van der Waals surface area contributed by atoms with Crippen molar-refractivity contribution in [1.29, 1.82) is 0 Å². The van der Waals surface area contributed by atoms with Gasteiger partial charge in [-0.25, -0.2) is 0 Å². The molecule has 1 atom stereocenters. The lowest BCUT2D eigenvalue weighted by Gasteiger charge is -2.33. The fraction of sp³-hybridized carbons (Fsp3) is 0.364. The highest BCUT2D eigenvalue weighted by atomic mass is 16.2. The second-order valence-corrected chi connectivity index (χ2v) is 3.57. The third-order valence-corrected chi connectivity index (χ3v) is 2.59. The van der Waals surface area contributed by atoms with Gasteiger partial charge in [-0.3, -0.25) is 4.79 Å². The molecule has 14 heavy (non-hydrogen) atoms. The van der Waals surface area contributed by atoms with Gasteiger partial charge in [-0.2, -0.15) is 0 Å². The van der Waals surface area contributed by atoms with E-state index in [2.05, 4.69) is 0 Å². The summed E-state index contributed by atoms with van der Waals surface area (Å²) in [5, 5.41) is 0. The molecule has 1 amide bonds. The van der Waals surface area contributed by atoms with Gasteiger partial charge in [0.2, 0.25) is 5.91 Å². The molecule has 1 heterocycles. The summed E-state index contributed by atoms with van der Waals surface area (Å²) in [4.78, 5) is 13.5. The van der Waals surface area contributed by atoms with Crippen molar-refractivity contribution in [3.8, 4) is 0 Å². The van der Waals surface area contributed by atoms with Crippen molar-refractivity contribution >= 4 is 5.91 Å². The molecule has 1 unspecified atom stereocenters. The van der Waals surface area contributed by atoms with Gasteiger partial charge in [0.1, 0.15) is 6.04 Å². The van der Waals surface area contributed by atoms with Crippen LogP contribution in [0.15, 0.2) is 30.3 Å². The van der Waals surface area contributed by atoms with Gasteiger partial charge in [-0.1, -0.05) is 30.3 Å². The van der Waals surface area contributed by atoms with Crippen LogP contribution in [0.2, 0.25) is 0 Å². The van der Waals surface area contributed by atoms with Crippen LogP contribution in [0.5, 0.6) is 0 Å². The maximum Gasteiger partial charge on any atom is 0.244 e. The van der Waals surface area contributed by atoms with Crippen molar-refractivity contribution in [2.24, 2.45) is 5.73 Å². The Kier molecular flexibility index (Phi) is 2.50. The van der Waals surface area contributed by atoms with E-state index in [9.17, 15) is 4.79 Å². The SMILES string of the molecule is NC(C(=O)N1CCC1)c1ccccc1. The Morgan fingerprint density at radius 1 is 1.29 bits per heavy atom. The minimum Gasteiger partial charge on any atom is -0.341 e. The molecule has 0 aliphatic carbocycles. The van der Waals surface area contributed by atoms with E-state index in [1.807, 2.05) is 30.3 Å². The lowest BCUT2D eigenvalue weighted by Crippen LogP contribution is -2.46. The van der Waals surface area contributed by atoms with E-state index in [1.54, 1.807) is 4.90 Å². The zero-order valence-electron chi connectivity index (χ0n) is 8.02. The molecular weight excluding hydrogens is 176 g/mol. The summed E-state index contributed by atoms with van der Waals surface area (Å²) in [7, 11) is 0. The number of benzene rings is 1. The van der Waals surface area contributed by atoms with Crippen molar-refractivity contribution < 1.29 is 4.79 Å². The molecule has 0 spiro atoms. The smallest absolute Gasteiger partial charge is 0.244 e. The largest absolute Gasteiger partial charge is 0.341 e. The number of rotatable bonds is 2. The van der Waals surface area contributed by atoms with Crippen LogP contribution in [-0.4, -0.2) is 23.9 Å². The summed E-state index contributed by atoms with van der Waals surface area (Å²) in [6, 6.07) is 9.02. The molecule has 0 saturated carbocycles. The Labute approximate surface area is 83.5 Å². The number of nitrogens with two attached hydrogens (primary N) is 1. The summed E-state index contributed by atoms with van der Waals surface area (Å²) < 4.78 is 0. The number of nitrogens with zero attached hydrogens (tertiary/aromatic N) is 1. The molecule has 1 aliphatic heterocycles. The standard InChI is InChI=1S/C11H14N2O/c12-10(9-5-2-1-3-6-9)11(14)13-7-4-8-13/h1-3,5-6,10H,4,7-8,12H2. The topological polar surface area (TPSA) is 46.3 Å². The highest BCUT2D eigenvalue weighted by Crippen LogP contribution is 2.16. The predicted molar refractivity (Wildman–Crippen MR) is 54.6 cm³/mol. The Morgan fingerprint density at radius 3 is 2.43 bits per heavy atom. The van der Waals surface area contributed by atoms with Gasteiger partial charge in [0.05, 0.1) is 0 Å². The minimum atomic E-state index is -0.489. The van der Waals surface area contributed by atoms with Crippen LogP contribution < -0.4 is 5.73 Å². The summed E-state index contributed by atoms with van der Waals surface area (Å²) >= 11 is 0. The monoisotopic (exact) mass is 190 g/mol. The van der Waals surface area contributed by atoms with E-state index in [0.29, 0.717) is 0 Å². The Morgan fingerprint density at radius 2 is 1.93 bits per heavy atom. The zero-order valence-corrected chi connectivity index (χ0v) is 8.02. The zero-order chi connectivity index (χ0) is 9.97. The number of likely N-dealkylation sites (tertiary alicyclic amines) is 1. The highest BCUT2D eigenvalue weighted by Gasteiger charge is 2.25. The van der Waals surface area contributed by atoms with E-state index in [0.717, 1.165) is 25.1 Å². The van der Waals surface area contributed by atoms with Gasteiger partial charge in [-0.15, -0.1) is 0 Å². The summed E-state index contributed by atoms with van der Waals surface area (Å²) in [5.74, 6) is 0.0439. The van der Waals surface area contributed by atoms with Crippen molar-refractivity contribution in [3.63, 3.8) is 0 Å². The number of carbonyl (C=O) groups is 1. The third-order valence-electron chi connectivity index (χ3n) is 2.59. The van der Waals surface area contributed by atoms with Crippen LogP contribution >= 0.6 is 0 Å². The van der Waals surface area contributed by atoms with Crippen LogP contribution in [0.25, 0.3) is 0 Å². The fourth-order valence-electron chi connectivity index (χ4n) is 1.54. The minimum absolute atomic E-state index is 0.0439. The fourth-order valence-corrected chi connectivity index (χ4v) is 1.54. The number of hydrogen-bond acceptors (Lipinski definition) is 2. The van der Waals surface area contributed by atoms with Crippen molar-refractivity contribution in [3.05, 3.63) is 35.9 Å². The number of amides is 1. The van der Waals surface area contributed by atoms with Crippen LogP contribution in [-0.2, 0) is 4.79 Å². The maximum absolute atomic E-state index is 11.7. The van der Waals surface area contributed by atoms with Crippen LogP contribution in [0.1, 0.15) is 18.0 Å². The molecule has 1 aliphatic rings. The van der Waals surface area contributed by atoms with Crippen molar-refractivity contribution in [1.82, 2.24) is 4.90 Å². The quantitative estimate of drug-likeness (QED) is 0.753. The average molecular weight is 190 g/mol. The molecule has 1 saturated heterocycles. The van der Waals surface area contributed by atoms with Gasteiger partial charge < -0.3 is 10.6 Å². The summed E-state index contributed by atoms with van der Waals surface area (Å²) in [6.45, 7) is 1.72. The molecule has 0 aromatic heterocycles. The molecule has 74 valence electrons. The number of hydrogen-bond donors (Lipinski definition) is 1. The maximum atomic E-state index is 11.7. The molecular formula is C11H14N2O. The molecule has 1 fully saturated rings. The van der Waals surface area contributed by atoms with E-state index in [4.69, 9.17) is 5.73 Å². The third kappa shape index (κ3) is 1.63. The lowest BCUT2D eigenvalue weighted by atomic mass is 10.0. The second kappa shape index (κ2) is 3.80. The molecule has 3 nitrogen and oxygen atoms in total. The van der Waals surface area contributed by atoms with E-state index < -0.39 is 6.04 Å². The Hall–Kier alpha value is -1.35. The predicted octanol–water partition coefficient (Wildman–Crippen LogP) is 0.919. The summed E-state index contributed by atoms with van der Waals surface area (Å²) in [6.07, 6.45) is 1.10. The van der Waals surface area contributed by atoms with E-state index in [1.165, 1.54) is 0 Å². The first-order valence-corrected chi connectivity index (χ1v) is 4.88. The first-order valence-electron chi connectivity index (χ1n) is 4.88. The Balaban J connectivity index is 2.07. The summed E-state index contributed by atoms with van der Waals surface area (Å²) in [5.41, 5.74) is 6.75. The van der Waals surface area contributed by atoms with Crippen molar-refractivity contribution in [2.75, 3.05) is 13.1 Å². The van der Waals surface area contributed by atoms with Crippen LogP contribution in [0.4, 0.5) is 0 Å². The first kappa shape index (κ1) is 9.21. The molecule has 2 N–H and O–H groups in total. The average Bonchev–Trinajstić information content (AvgIpc) is 2.15. The van der Waals surface area contributed by atoms with Gasteiger partial charge in [0.25, 0.3) is 0 Å². The molecule has 0 radical (unpaired) electrons. The van der Waals surface area contributed by atoms with Gasteiger partial charge >= 0.3 is 0 Å². The van der Waals surface area contributed by atoms with Gasteiger partial charge in [0.15, 0.2) is 0 Å². The van der Waals surface area contributed by atoms with Crippen LogP contribution in [0, 0.1) is 0 Å².